The molecule has 3 N–H and O–H groups in total. The molecule has 0 aliphatic heterocycles. The fourth-order valence-electron chi connectivity index (χ4n) is 1.91. The van der Waals surface area contributed by atoms with Crippen LogP contribution in [-0.4, -0.2) is 23.5 Å². The summed E-state index contributed by atoms with van der Waals surface area (Å²) in [5, 5.41) is 8.00. The van der Waals surface area contributed by atoms with Gasteiger partial charge in [-0.2, -0.15) is 0 Å². The zero-order chi connectivity index (χ0) is 15.9. The van der Waals surface area contributed by atoms with E-state index in [4.69, 9.17) is 0 Å². The van der Waals surface area contributed by atoms with Gasteiger partial charge in [0.05, 0.1) is 11.3 Å². The summed E-state index contributed by atoms with van der Waals surface area (Å²) in [6, 6.07) is 10.1. The number of aromatic nitrogens is 1. The second-order valence-corrected chi connectivity index (χ2v) is 4.70. The highest BCUT2D eigenvalue weighted by Crippen LogP contribution is 2.17. The number of hydrogen-bond acceptors (Lipinski definition) is 3. The van der Waals surface area contributed by atoms with E-state index in [1.165, 1.54) is 0 Å². The van der Waals surface area contributed by atoms with Crippen LogP contribution in [0.15, 0.2) is 42.6 Å². The molecule has 114 valence electrons. The predicted octanol–water partition coefficient (Wildman–Crippen LogP) is 2.78. The highest BCUT2D eigenvalue weighted by molar-refractivity contribution is 6.09. The Kier molecular flexibility index (Phi) is 5.08. The molecule has 1 heterocycles. The molecular formula is C16H18N4O2. The maximum absolute atomic E-state index is 12.4. The Morgan fingerprint density at radius 1 is 1.14 bits per heavy atom. The van der Waals surface area contributed by atoms with Crippen molar-refractivity contribution in [3.8, 4) is 0 Å². The molecule has 1 aromatic carbocycles. The summed E-state index contributed by atoms with van der Waals surface area (Å²) in [5.74, 6) is 0.142. The van der Waals surface area contributed by atoms with Crippen LogP contribution in [0.4, 0.5) is 16.3 Å². The summed E-state index contributed by atoms with van der Waals surface area (Å²) >= 11 is 0. The largest absolute Gasteiger partial charge is 0.338 e. The van der Waals surface area contributed by atoms with E-state index in [-0.39, 0.29) is 11.9 Å². The quantitative estimate of drug-likeness (QED) is 0.811. The van der Waals surface area contributed by atoms with Crippen LogP contribution in [0.25, 0.3) is 0 Å². The molecule has 0 saturated carbocycles. The number of anilines is 2. The van der Waals surface area contributed by atoms with Gasteiger partial charge in [0.15, 0.2) is 0 Å². The third-order valence-corrected chi connectivity index (χ3v) is 2.91. The molecule has 0 radical (unpaired) electrons. The summed E-state index contributed by atoms with van der Waals surface area (Å²) < 4.78 is 0. The third kappa shape index (κ3) is 4.05. The van der Waals surface area contributed by atoms with E-state index in [9.17, 15) is 9.59 Å². The number of amides is 3. The van der Waals surface area contributed by atoms with E-state index in [1.54, 1.807) is 36.5 Å². The standard InChI is InChI=1S/C16H18N4O2/c1-3-17-16(22)19-13-7-5-4-6-12(13)15(21)20-14-10-11(2)8-9-18-14/h4-10H,3H2,1-2H3,(H2,17,19,22)(H,18,20,21). The van der Waals surface area contributed by atoms with Crippen LogP contribution in [0.5, 0.6) is 0 Å². The Bertz CT molecular complexity index is 685. The van der Waals surface area contributed by atoms with Gasteiger partial charge in [0.2, 0.25) is 0 Å². The van der Waals surface area contributed by atoms with Crippen molar-refractivity contribution in [1.82, 2.24) is 10.3 Å². The Hall–Kier alpha value is -2.89. The maximum Gasteiger partial charge on any atom is 0.319 e. The molecule has 0 fully saturated rings. The molecule has 3 amide bonds. The average Bonchev–Trinajstić information content (AvgIpc) is 2.48. The topological polar surface area (TPSA) is 83.1 Å². The number of para-hydroxylation sites is 1. The molecule has 2 aromatic rings. The molecule has 6 heteroatoms. The second kappa shape index (κ2) is 7.21. The minimum atomic E-state index is -0.351. The zero-order valence-electron chi connectivity index (χ0n) is 12.5. The first kappa shape index (κ1) is 15.5. The lowest BCUT2D eigenvalue weighted by molar-refractivity contribution is 0.102. The summed E-state index contributed by atoms with van der Waals surface area (Å²) in [6.45, 7) is 4.25. The number of nitrogens with one attached hydrogen (secondary N) is 3. The van der Waals surface area contributed by atoms with Gasteiger partial charge in [-0.25, -0.2) is 9.78 Å². The van der Waals surface area contributed by atoms with E-state index < -0.39 is 0 Å². The highest BCUT2D eigenvalue weighted by Gasteiger charge is 2.13. The van der Waals surface area contributed by atoms with Crippen molar-refractivity contribution in [2.75, 3.05) is 17.2 Å². The lowest BCUT2D eigenvalue weighted by Crippen LogP contribution is -2.29. The van der Waals surface area contributed by atoms with E-state index in [2.05, 4.69) is 20.9 Å². The van der Waals surface area contributed by atoms with Crippen LogP contribution in [-0.2, 0) is 0 Å². The maximum atomic E-state index is 12.4. The van der Waals surface area contributed by atoms with Crippen LogP contribution in [0.2, 0.25) is 0 Å². The monoisotopic (exact) mass is 298 g/mol. The number of benzene rings is 1. The van der Waals surface area contributed by atoms with Crippen molar-refractivity contribution >= 4 is 23.4 Å². The van der Waals surface area contributed by atoms with Gasteiger partial charge < -0.3 is 16.0 Å². The summed E-state index contributed by atoms with van der Waals surface area (Å²) in [7, 11) is 0. The smallest absolute Gasteiger partial charge is 0.319 e. The Labute approximate surface area is 129 Å². The Morgan fingerprint density at radius 2 is 1.91 bits per heavy atom. The second-order valence-electron chi connectivity index (χ2n) is 4.70. The Morgan fingerprint density at radius 3 is 2.64 bits per heavy atom. The van der Waals surface area contributed by atoms with Crippen molar-refractivity contribution < 1.29 is 9.59 Å². The first-order chi connectivity index (χ1) is 10.6. The van der Waals surface area contributed by atoms with Crippen molar-refractivity contribution in [1.29, 1.82) is 0 Å². The molecule has 0 atom stereocenters. The van der Waals surface area contributed by atoms with E-state index in [1.807, 2.05) is 19.9 Å². The number of pyridine rings is 1. The van der Waals surface area contributed by atoms with Crippen LogP contribution in [0, 0.1) is 6.92 Å². The van der Waals surface area contributed by atoms with E-state index in [0.29, 0.717) is 23.6 Å². The van der Waals surface area contributed by atoms with E-state index >= 15 is 0 Å². The molecule has 1 aromatic heterocycles. The molecule has 22 heavy (non-hydrogen) atoms. The van der Waals surface area contributed by atoms with Gasteiger partial charge in [0.1, 0.15) is 5.82 Å². The number of urea groups is 1. The zero-order valence-corrected chi connectivity index (χ0v) is 12.5. The molecule has 0 aliphatic carbocycles. The van der Waals surface area contributed by atoms with Crippen molar-refractivity contribution in [3.05, 3.63) is 53.7 Å². The van der Waals surface area contributed by atoms with Gasteiger partial charge in [-0.15, -0.1) is 0 Å². The highest BCUT2D eigenvalue weighted by atomic mass is 16.2. The van der Waals surface area contributed by atoms with Crippen LogP contribution < -0.4 is 16.0 Å². The lowest BCUT2D eigenvalue weighted by atomic mass is 10.1. The number of aryl methyl sites for hydroxylation is 1. The molecule has 0 spiro atoms. The summed E-state index contributed by atoms with van der Waals surface area (Å²) in [4.78, 5) is 28.1. The first-order valence-corrected chi connectivity index (χ1v) is 6.98. The molecule has 0 unspecified atom stereocenters. The Balaban J connectivity index is 2.17. The number of rotatable bonds is 4. The fourth-order valence-corrected chi connectivity index (χ4v) is 1.91. The number of nitrogens with zero attached hydrogens (tertiary/aromatic N) is 1. The SMILES string of the molecule is CCNC(=O)Nc1ccccc1C(=O)Nc1cc(C)ccn1. The molecule has 0 bridgehead atoms. The molecule has 6 nitrogen and oxygen atoms in total. The number of hydrogen-bond donors (Lipinski definition) is 3. The average molecular weight is 298 g/mol. The van der Waals surface area contributed by atoms with Crippen molar-refractivity contribution in [2.45, 2.75) is 13.8 Å². The van der Waals surface area contributed by atoms with Crippen LogP contribution >= 0.6 is 0 Å². The normalized spacial score (nSPS) is 9.91. The lowest BCUT2D eigenvalue weighted by Gasteiger charge is -2.11. The van der Waals surface area contributed by atoms with Crippen molar-refractivity contribution in [2.24, 2.45) is 0 Å². The summed E-state index contributed by atoms with van der Waals surface area (Å²) in [5.41, 5.74) is 1.81. The van der Waals surface area contributed by atoms with Crippen LogP contribution in [0.1, 0.15) is 22.8 Å². The number of carbonyl (C=O) groups excluding carboxylic acids is 2. The van der Waals surface area contributed by atoms with Gasteiger partial charge in [-0.3, -0.25) is 4.79 Å². The van der Waals surface area contributed by atoms with Gasteiger partial charge >= 0.3 is 6.03 Å². The molecule has 0 saturated heterocycles. The summed E-state index contributed by atoms with van der Waals surface area (Å²) in [6.07, 6.45) is 1.63. The molecule has 2 rings (SSSR count). The third-order valence-electron chi connectivity index (χ3n) is 2.91. The van der Waals surface area contributed by atoms with Gasteiger partial charge in [0.25, 0.3) is 5.91 Å². The van der Waals surface area contributed by atoms with Gasteiger partial charge in [-0.05, 0) is 43.7 Å². The molecule has 0 aliphatic rings. The predicted molar refractivity (Wildman–Crippen MR) is 86.1 cm³/mol. The van der Waals surface area contributed by atoms with Gasteiger partial charge in [-0.1, -0.05) is 12.1 Å². The van der Waals surface area contributed by atoms with Crippen LogP contribution in [0.3, 0.4) is 0 Å². The molecular weight excluding hydrogens is 280 g/mol. The minimum absolute atomic E-state index is 0.328. The van der Waals surface area contributed by atoms with E-state index in [0.717, 1.165) is 5.56 Å². The number of carbonyl (C=O) groups is 2. The van der Waals surface area contributed by atoms with Gasteiger partial charge in [0, 0.05) is 12.7 Å². The minimum Gasteiger partial charge on any atom is -0.338 e. The van der Waals surface area contributed by atoms with Crippen molar-refractivity contribution in [3.63, 3.8) is 0 Å². The fraction of sp³-hybridized carbons (Fsp3) is 0.188. The first-order valence-electron chi connectivity index (χ1n) is 6.98.